The highest BCUT2D eigenvalue weighted by Crippen LogP contribution is 2.35. The van der Waals surface area contributed by atoms with Crippen LogP contribution < -0.4 is 11.1 Å². The summed E-state index contributed by atoms with van der Waals surface area (Å²) in [6.07, 6.45) is -2.86. The van der Waals surface area contributed by atoms with Gasteiger partial charge in [-0.25, -0.2) is 9.97 Å². The zero-order valence-electron chi connectivity index (χ0n) is 10.7. The Hall–Kier alpha value is -2.31. The third kappa shape index (κ3) is 3.37. The molecule has 0 fully saturated rings. The van der Waals surface area contributed by atoms with E-state index in [1.165, 1.54) is 12.1 Å². The van der Waals surface area contributed by atoms with E-state index in [2.05, 4.69) is 15.3 Å². The second-order valence-corrected chi connectivity index (χ2v) is 4.25. The normalized spacial score (nSPS) is 11.4. The summed E-state index contributed by atoms with van der Waals surface area (Å²) in [6.45, 7) is 2.05. The zero-order chi connectivity index (χ0) is 14.8. The standard InChI is InChI=1S/C13H13F3N4/c1-8-18-5-4-10(20-8)7-19-9-2-3-12(17)11(6-9)13(14,15)16/h2-6,19H,7,17H2,1H3. The van der Waals surface area contributed by atoms with Crippen molar-refractivity contribution in [3.05, 3.63) is 47.5 Å². The molecule has 0 unspecified atom stereocenters. The van der Waals surface area contributed by atoms with Crippen molar-refractivity contribution < 1.29 is 13.2 Å². The Morgan fingerprint density at radius 3 is 2.65 bits per heavy atom. The molecule has 0 atom stereocenters. The molecule has 0 spiro atoms. The van der Waals surface area contributed by atoms with Crippen molar-refractivity contribution in [2.45, 2.75) is 19.6 Å². The summed E-state index contributed by atoms with van der Waals surface area (Å²) in [5, 5.41) is 2.88. The van der Waals surface area contributed by atoms with Gasteiger partial charge in [0.25, 0.3) is 0 Å². The Kier molecular flexibility index (Phi) is 3.78. The molecule has 1 aromatic heterocycles. The third-order valence-electron chi connectivity index (χ3n) is 2.67. The number of hydrogen-bond acceptors (Lipinski definition) is 4. The number of anilines is 2. The average molecular weight is 282 g/mol. The zero-order valence-corrected chi connectivity index (χ0v) is 10.7. The van der Waals surface area contributed by atoms with Gasteiger partial charge in [-0.05, 0) is 31.2 Å². The lowest BCUT2D eigenvalue weighted by molar-refractivity contribution is -0.136. The van der Waals surface area contributed by atoms with Crippen LogP contribution >= 0.6 is 0 Å². The van der Waals surface area contributed by atoms with Crippen molar-refractivity contribution in [3.8, 4) is 0 Å². The first-order valence-corrected chi connectivity index (χ1v) is 5.85. The Morgan fingerprint density at radius 2 is 2.00 bits per heavy atom. The predicted octanol–water partition coefficient (Wildman–Crippen LogP) is 3.00. The molecule has 4 nitrogen and oxygen atoms in total. The first-order chi connectivity index (χ1) is 9.36. The van der Waals surface area contributed by atoms with E-state index >= 15 is 0 Å². The number of aromatic nitrogens is 2. The molecule has 7 heteroatoms. The van der Waals surface area contributed by atoms with Gasteiger partial charge in [0.05, 0.1) is 17.8 Å². The molecule has 2 rings (SSSR count). The highest BCUT2D eigenvalue weighted by Gasteiger charge is 2.33. The highest BCUT2D eigenvalue weighted by molar-refractivity contribution is 5.58. The molecular formula is C13H13F3N4. The van der Waals surface area contributed by atoms with E-state index in [4.69, 9.17) is 5.73 Å². The molecule has 0 radical (unpaired) electrons. The van der Waals surface area contributed by atoms with Gasteiger partial charge < -0.3 is 11.1 Å². The molecular weight excluding hydrogens is 269 g/mol. The minimum atomic E-state index is -4.47. The van der Waals surface area contributed by atoms with Crippen molar-refractivity contribution >= 4 is 11.4 Å². The van der Waals surface area contributed by atoms with Gasteiger partial charge in [-0.15, -0.1) is 0 Å². The lowest BCUT2D eigenvalue weighted by atomic mass is 10.1. The molecule has 106 valence electrons. The number of nitrogens with one attached hydrogen (secondary N) is 1. The van der Waals surface area contributed by atoms with Gasteiger partial charge in [-0.3, -0.25) is 0 Å². The summed E-state index contributed by atoms with van der Waals surface area (Å²) in [7, 11) is 0. The topological polar surface area (TPSA) is 63.8 Å². The number of nitrogen functional groups attached to an aromatic ring is 1. The number of nitrogens with two attached hydrogens (primary N) is 1. The van der Waals surface area contributed by atoms with E-state index in [-0.39, 0.29) is 5.69 Å². The smallest absolute Gasteiger partial charge is 0.398 e. The van der Waals surface area contributed by atoms with E-state index in [0.717, 1.165) is 6.07 Å². The molecule has 0 aliphatic carbocycles. The van der Waals surface area contributed by atoms with Gasteiger partial charge in [0.15, 0.2) is 0 Å². The van der Waals surface area contributed by atoms with Crippen LogP contribution in [0.5, 0.6) is 0 Å². The number of rotatable bonds is 3. The van der Waals surface area contributed by atoms with Gasteiger partial charge in [-0.2, -0.15) is 13.2 Å². The first kappa shape index (κ1) is 14.1. The Labute approximate surface area is 113 Å². The van der Waals surface area contributed by atoms with Crippen LogP contribution in [0, 0.1) is 6.92 Å². The van der Waals surface area contributed by atoms with Crippen molar-refractivity contribution in [3.63, 3.8) is 0 Å². The third-order valence-corrected chi connectivity index (χ3v) is 2.67. The maximum absolute atomic E-state index is 12.7. The summed E-state index contributed by atoms with van der Waals surface area (Å²) in [6, 6.07) is 5.42. The summed E-state index contributed by atoms with van der Waals surface area (Å²) in [4.78, 5) is 8.11. The molecule has 0 aliphatic heterocycles. The molecule has 1 heterocycles. The number of alkyl halides is 3. The average Bonchev–Trinajstić information content (AvgIpc) is 2.36. The molecule has 0 saturated heterocycles. The Balaban J connectivity index is 2.14. The minimum Gasteiger partial charge on any atom is -0.398 e. The van der Waals surface area contributed by atoms with Crippen LogP contribution in [-0.2, 0) is 12.7 Å². The number of nitrogens with zero attached hydrogens (tertiary/aromatic N) is 2. The molecule has 0 saturated carbocycles. The molecule has 1 aromatic carbocycles. The van der Waals surface area contributed by atoms with Crippen LogP contribution in [0.2, 0.25) is 0 Å². The van der Waals surface area contributed by atoms with Crippen LogP contribution in [0.1, 0.15) is 17.1 Å². The van der Waals surface area contributed by atoms with E-state index < -0.39 is 11.7 Å². The summed E-state index contributed by atoms with van der Waals surface area (Å²) in [5.74, 6) is 0.609. The summed E-state index contributed by atoms with van der Waals surface area (Å²) >= 11 is 0. The fraction of sp³-hybridized carbons (Fsp3) is 0.231. The van der Waals surface area contributed by atoms with Crippen LogP contribution in [0.3, 0.4) is 0 Å². The van der Waals surface area contributed by atoms with Gasteiger partial charge in [0.1, 0.15) is 5.82 Å². The van der Waals surface area contributed by atoms with E-state index in [9.17, 15) is 13.2 Å². The van der Waals surface area contributed by atoms with Crippen LogP contribution in [0.4, 0.5) is 24.5 Å². The lowest BCUT2D eigenvalue weighted by Gasteiger charge is -2.13. The van der Waals surface area contributed by atoms with E-state index in [0.29, 0.717) is 23.8 Å². The van der Waals surface area contributed by atoms with Crippen molar-refractivity contribution in [1.82, 2.24) is 9.97 Å². The van der Waals surface area contributed by atoms with E-state index in [1.54, 1.807) is 19.2 Å². The second kappa shape index (κ2) is 5.36. The molecule has 2 aromatic rings. The molecule has 0 amide bonds. The number of benzene rings is 1. The molecule has 3 N–H and O–H groups in total. The largest absolute Gasteiger partial charge is 0.418 e. The number of halogens is 3. The lowest BCUT2D eigenvalue weighted by Crippen LogP contribution is -2.10. The fourth-order valence-corrected chi connectivity index (χ4v) is 1.71. The van der Waals surface area contributed by atoms with Crippen LogP contribution in [0.25, 0.3) is 0 Å². The SMILES string of the molecule is Cc1nccc(CNc2ccc(N)c(C(F)(F)F)c2)n1. The number of hydrogen-bond donors (Lipinski definition) is 2. The fourth-order valence-electron chi connectivity index (χ4n) is 1.71. The number of aryl methyl sites for hydroxylation is 1. The quantitative estimate of drug-likeness (QED) is 0.849. The molecule has 0 bridgehead atoms. The minimum absolute atomic E-state index is 0.291. The maximum Gasteiger partial charge on any atom is 0.418 e. The predicted molar refractivity (Wildman–Crippen MR) is 70.0 cm³/mol. The van der Waals surface area contributed by atoms with Gasteiger partial charge >= 0.3 is 6.18 Å². The van der Waals surface area contributed by atoms with Crippen LogP contribution in [-0.4, -0.2) is 9.97 Å². The van der Waals surface area contributed by atoms with Crippen molar-refractivity contribution in [2.75, 3.05) is 11.1 Å². The molecule has 20 heavy (non-hydrogen) atoms. The summed E-state index contributed by atoms with van der Waals surface area (Å²) < 4.78 is 38.1. The van der Waals surface area contributed by atoms with Crippen LogP contribution in [0.15, 0.2) is 30.5 Å². The maximum atomic E-state index is 12.7. The highest BCUT2D eigenvalue weighted by atomic mass is 19.4. The van der Waals surface area contributed by atoms with Gasteiger partial charge in [-0.1, -0.05) is 0 Å². The van der Waals surface area contributed by atoms with Crippen molar-refractivity contribution in [1.29, 1.82) is 0 Å². The van der Waals surface area contributed by atoms with Gasteiger partial charge in [0, 0.05) is 17.6 Å². The van der Waals surface area contributed by atoms with E-state index in [1.807, 2.05) is 0 Å². The summed E-state index contributed by atoms with van der Waals surface area (Å²) in [5.41, 5.74) is 5.23. The van der Waals surface area contributed by atoms with Gasteiger partial charge in [0.2, 0.25) is 0 Å². The van der Waals surface area contributed by atoms with Crippen molar-refractivity contribution in [2.24, 2.45) is 0 Å². The monoisotopic (exact) mass is 282 g/mol. The first-order valence-electron chi connectivity index (χ1n) is 5.85. The molecule has 0 aliphatic rings. The Morgan fingerprint density at radius 1 is 1.25 bits per heavy atom. The Bertz CT molecular complexity index is 611. The second-order valence-electron chi connectivity index (χ2n) is 4.25.